The first kappa shape index (κ1) is 50.0. The molecule has 4 nitrogen and oxygen atoms in total. The van der Waals surface area contributed by atoms with E-state index in [4.69, 9.17) is 8.83 Å². The molecule has 0 fully saturated rings. The first-order valence-electron chi connectivity index (χ1n) is 29.8. The van der Waals surface area contributed by atoms with Gasteiger partial charge in [0, 0.05) is 65.0 Å². The van der Waals surface area contributed by atoms with Gasteiger partial charge < -0.3 is 18.5 Å². The van der Waals surface area contributed by atoms with E-state index in [1.165, 1.54) is 92.6 Å². The molecule has 0 N–H and O–H groups in total. The zero-order chi connectivity index (χ0) is 56.1. The topological polar surface area (TPSA) is 32.8 Å². The van der Waals surface area contributed by atoms with Crippen LogP contribution in [-0.2, 0) is 27.1 Å². The van der Waals surface area contributed by atoms with Crippen LogP contribution in [0.1, 0.15) is 130 Å². The number of rotatable bonds is 4. The number of nitrogens with zero attached hydrogens (tertiary/aromatic N) is 2. The Hall–Kier alpha value is -7.80. The molecule has 2 aliphatic heterocycles. The summed E-state index contributed by atoms with van der Waals surface area (Å²) in [5, 5.41) is 5.85. The molecule has 0 atom stereocenters. The van der Waals surface area contributed by atoms with Crippen LogP contribution in [0.4, 0.5) is 28.4 Å². The highest BCUT2D eigenvalue weighted by Crippen LogP contribution is 2.58. The third-order valence-electron chi connectivity index (χ3n) is 20.1. The van der Waals surface area contributed by atoms with Crippen molar-refractivity contribution in [3.05, 3.63) is 198 Å². The molecule has 16 rings (SSSR count). The van der Waals surface area contributed by atoms with Gasteiger partial charge in [0.05, 0.1) is 17.1 Å². The Morgan fingerprint density at radius 1 is 0.439 bits per heavy atom. The van der Waals surface area contributed by atoms with Gasteiger partial charge in [-0.3, -0.25) is 0 Å². The molecule has 0 spiro atoms. The van der Waals surface area contributed by atoms with Crippen molar-refractivity contribution in [2.45, 2.75) is 129 Å². The predicted octanol–water partition coefficient (Wildman–Crippen LogP) is 20.7. The number of para-hydroxylation sites is 1. The second-order valence-corrected chi connectivity index (χ2v) is 29.2. The lowest BCUT2D eigenvalue weighted by Gasteiger charge is -2.45. The summed E-state index contributed by atoms with van der Waals surface area (Å²) in [4.78, 5) is 5.36. The lowest BCUT2D eigenvalue weighted by Crippen LogP contribution is -2.60. The van der Waals surface area contributed by atoms with Crippen molar-refractivity contribution in [3.8, 4) is 33.4 Å². The number of fused-ring (bicyclic) bond motifs is 15. The van der Waals surface area contributed by atoms with Gasteiger partial charge >= 0.3 is 6.85 Å². The minimum atomic E-state index is -0.246. The molecule has 9 aromatic carbocycles. The van der Waals surface area contributed by atoms with E-state index < -0.39 is 0 Å². The Morgan fingerprint density at radius 2 is 1.00 bits per heavy atom. The molecule has 82 heavy (non-hydrogen) atoms. The van der Waals surface area contributed by atoms with Crippen LogP contribution in [0.15, 0.2) is 179 Å². The average molecular weight is 1090 g/mol. The molecule has 404 valence electrons. The van der Waals surface area contributed by atoms with Crippen LogP contribution in [0.5, 0.6) is 0 Å². The fraction of sp³-hybridized carbons (Fsp3) is 0.263. The fourth-order valence-corrected chi connectivity index (χ4v) is 16.4. The van der Waals surface area contributed by atoms with E-state index in [0.717, 1.165) is 86.9 Å². The van der Waals surface area contributed by atoms with Crippen molar-refractivity contribution in [2.24, 2.45) is 0 Å². The van der Waals surface area contributed by atoms with Crippen molar-refractivity contribution in [2.75, 3.05) is 9.71 Å². The summed E-state index contributed by atoms with van der Waals surface area (Å²) < 4.78 is 17.4. The number of hydrogen-bond donors (Lipinski definition) is 0. The molecule has 0 saturated heterocycles. The summed E-state index contributed by atoms with van der Waals surface area (Å²) in [5.41, 5.74) is 24.9. The maximum Gasteiger partial charge on any atom is 0.343 e. The maximum absolute atomic E-state index is 7.48. The molecule has 0 saturated carbocycles. The maximum atomic E-state index is 7.48. The van der Waals surface area contributed by atoms with Gasteiger partial charge in [-0.25, -0.2) is 0 Å². The molecule has 0 radical (unpaired) electrons. The van der Waals surface area contributed by atoms with Crippen molar-refractivity contribution in [1.82, 2.24) is 0 Å². The van der Waals surface area contributed by atoms with Crippen LogP contribution in [0, 0.1) is 0 Å². The van der Waals surface area contributed by atoms with E-state index in [1.54, 1.807) is 0 Å². The minimum absolute atomic E-state index is 0.00690. The second kappa shape index (κ2) is 16.9. The van der Waals surface area contributed by atoms with Crippen molar-refractivity contribution in [1.29, 1.82) is 0 Å². The Balaban J connectivity index is 1.08. The Labute approximate surface area is 486 Å². The lowest BCUT2D eigenvalue weighted by atomic mass is 9.46. The third-order valence-corrected chi connectivity index (χ3v) is 21.3. The average Bonchev–Trinajstić information content (AvgIpc) is 1.57. The number of hydrogen-bond acceptors (Lipinski definition) is 5. The van der Waals surface area contributed by atoms with Crippen LogP contribution in [0.2, 0.25) is 0 Å². The van der Waals surface area contributed by atoms with Crippen LogP contribution in [-0.4, -0.2) is 6.85 Å². The van der Waals surface area contributed by atoms with Crippen LogP contribution < -0.4 is 20.0 Å². The molecule has 6 heteroatoms. The standard InChI is InChI=1S/C76H69BN2O2S/c1-72(2,3)47-28-31-61(50(36-47)46-22-16-13-17-23-46)78-68-56-40-58-60(76(10,11)35-33-74(58,6)7)42-66(56)82-71(68)77-67-54(38-55-49-24-18-19-25-63(49)81-70(55)69(67)78)51-37-52-53-39-57-59(75(8,9)34-32-73(57,4)5)41-64(53)80-65(52)43-62(51)79(77)48-29-26-45(27-30-48)44-20-14-12-15-21-44/h12-31,36-43H,32-35H2,1-11H3. The van der Waals surface area contributed by atoms with Gasteiger partial charge in [0.1, 0.15) is 16.7 Å². The lowest BCUT2D eigenvalue weighted by molar-refractivity contribution is 0.332. The normalized spacial score (nSPS) is 17.3. The van der Waals surface area contributed by atoms with E-state index in [-0.39, 0.29) is 33.9 Å². The molecular formula is C76H69BN2O2S. The highest BCUT2D eigenvalue weighted by atomic mass is 32.1. The van der Waals surface area contributed by atoms with E-state index >= 15 is 0 Å². The van der Waals surface area contributed by atoms with E-state index in [0.29, 0.717) is 0 Å². The molecule has 0 bridgehead atoms. The summed E-state index contributed by atoms with van der Waals surface area (Å²) in [7, 11) is 0. The van der Waals surface area contributed by atoms with E-state index in [9.17, 15) is 0 Å². The summed E-state index contributed by atoms with van der Waals surface area (Å²) >= 11 is 1.99. The Bertz CT molecular complexity index is 4680. The molecular weight excluding hydrogens is 1020 g/mol. The predicted molar refractivity (Wildman–Crippen MR) is 350 cm³/mol. The molecule has 5 heterocycles. The van der Waals surface area contributed by atoms with Gasteiger partial charge in [-0.15, -0.1) is 11.3 Å². The molecule has 3 aromatic heterocycles. The monoisotopic (exact) mass is 1080 g/mol. The zero-order valence-corrected chi connectivity index (χ0v) is 50.0. The Morgan fingerprint density at radius 3 is 1.67 bits per heavy atom. The molecule has 12 aromatic rings. The van der Waals surface area contributed by atoms with Crippen molar-refractivity contribution >= 4 is 111 Å². The summed E-state index contributed by atoms with van der Waals surface area (Å²) in [5.74, 6) is 0. The molecule has 0 amide bonds. The number of thiophene rings is 1. The first-order chi connectivity index (χ1) is 39.2. The second-order valence-electron chi connectivity index (χ2n) is 28.1. The summed E-state index contributed by atoms with van der Waals surface area (Å²) in [6, 6.07) is 64.7. The largest absolute Gasteiger partial charge is 0.456 e. The summed E-state index contributed by atoms with van der Waals surface area (Å²) in [6.45, 7) is 26.3. The Kier molecular flexibility index (Phi) is 10.3. The third kappa shape index (κ3) is 7.15. The van der Waals surface area contributed by atoms with Gasteiger partial charge in [0.25, 0.3) is 0 Å². The SMILES string of the molecule is CC(C)(C)c1ccc(N2c3c(sc4cc5c(cc34)C(C)(C)CCC5(C)C)B3c4c(cc5c(oc6ccccc65)c42)-c2cc4c(cc2N3c2ccc(-c3ccccc3)cc2)oc2cc3c(cc24)C(C)(C)CCC3(C)C)c(-c2ccccc2)c1. The van der Waals surface area contributed by atoms with Gasteiger partial charge in [-0.05, 0) is 175 Å². The van der Waals surface area contributed by atoms with Gasteiger partial charge in [0.2, 0.25) is 0 Å². The van der Waals surface area contributed by atoms with Gasteiger partial charge in [-0.2, -0.15) is 0 Å². The summed E-state index contributed by atoms with van der Waals surface area (Å²) in [6.07, 6.45) is 4.57. The van der Waals surface area contributed by atoms with Gasteiger partial charge in [0.15, 0.2) is 5.58 Å². The smallest absolute Gasteiger partial charge is 0.343 e. The van der Waals surface area contributed by atoms with Gasteiger partial charge in [-0.1, -0.05) is 173 Å². The van der Waals surface area contributed by atoms with E-state index in [2.05, 4.69) is 256 Å². The quantitative estimate of drug-likeness (QED) is 0.164. The van der Waals surface area contributed by atoms with Crippen molar-refractivity contribution in [3.63, 3.8) is 0 Å². The fourth-order valence-electron chi connectivity index (χ4n) is 15.1. The van der Waals surface area contributed by atoms with Crippen LogP contribution in [0.25, 0.3) is 87.3 Å². The van der Waals surface area contributed by atoms with Crippen LogP contribution >= 0.6 is 11.3 Å². The number of anilines is 5. The zero-order valence-electron chi connectivity index (χ0n) is 49.2. The highest BCUT2D eigenvalue weighted by Gasteiger charge is 2.50. The first-order valence-corrected chi connectivity index (χ1v) is 30.7. The van der Waals surface area contributed by atoms with E-state index in [1.807, 2.05) is 11.3 Å². The van der Waals surface area contributed by atoms with Crippen LogP contribution in [0.3, 0.4) is 0 Å². The number of benzene rings is 9. The highest BCUT2D eigenvalue weighted by molar-refractivity contribution is 7.32. The minimum Gasteiger partial charge on any atom is -0.456 e. The molecule has 0 unspecified atom stereocenters. The molecule has 4 aliphatic rings. The van der Waals surface area contributed by atoms with Crippen molar-refractivity contribution < 1.29 is 8.83 Å². The molecule has 2 aliphatic carbocycles. The number of furan rings is 2.